The van der Waals surface area contributed by atoms with Crippen LogP contribution in [-0.2, 0) is 14.3 Å². The van der Waals surface area contributed by atoms with Gasteiger partial charge in [0.25, 0.3) is 0 Å². The summed E-state index contributed by atoms with van der Waals surface area (Å²) in [5.74, 6) is 0.142. The van der Waals surface area contributed by atoms with Gasteiger partial charge in [-0.15, -0.1) is 0 Å². The highest BCUT2D eigenvalue weighted by Crippen LogP contribution is 2.30. The normalized spacial score (nSPS) is 22.9. The van der Waals surface area contributed by atoms with Gasteiger partial charge in [-0.05, 0) is 31.3 Å². The standard InChI is InChI=1S/C20H32O4/c1-4-5-6-7-17(21)11-9-16-10-13-19(22)18(16)12-8-15(2)14-20(23)24-3/h9-11,13,15-18,21H,4-8,12,14H2,1-3H3/b11-9+/t15?,16-,17?,18-/m0/s1. The molecule has 1 rings (SSSR count). The molecule has 136 valence electrons. The van der Waals surface area contributed by atoms with Crippen molar-refractivity contribution in [2.45, 2.75) is 64.9 Å². The Morgan fingerprint density at radius 2 is 2.12 bits per heavy atom. The zero-order valence-electron chi connectivity index (χ0n) is 15.2. The summed E-state index contributed by atoms with van der Waals surface area (Å²) in [7, 11) is 1.39. The highest BCUT2D eigenvalue weighted by molar-refractivity contribution is 5.94. The van der Waals surface area contributed by atoms with E-state index in [0.717, 1.165) is 38.5 Å². The molecule has 0 aromatic carbocycles. The van der Waals surface area contributed by atoms with Crippen LogP contribution >= 0.6 is 0 Å². The number of rotatable bonds is 11. The predicted molar refractivity (Wildman–Crippen MR) is 95.4 cm³/mol. The first-order valence-corrected chi connectivity index (χ1v) is 9.13. The highest BCUT2D eigenvalue weighted by Gasteiger charge is 2.28. The molecule has 0 aromatic rings. The van der Waals surface area contributed by atoms with Gasteiger partial charge in [0, 0.05) is 18.3 Å². The van der Waals surface area contributed by atoms with Crippen molar-refractivity contribution >= 4 is 11.8 Å². The molecule has 1 N–H and O–H groups in total. The molecule has 0 saturated carbocycles. The minimum absolute atomic E-state index is 0.0589. The van der Waals surface area contributed by atoms with Crippen LogP contribution < -0.4 is 0 Å². The van der Waals surface area contributed by atoms with E-state index < -0.39 is 6.10 Å². The highest BCUT2D eigenvalue weighted by atomic mass is 16.5. The van der Waals surface area contributed by atoms with Crippen LogP contribution in [0.5, 0.6) is 0 Å². The number of aliphatic hydroxyl groups is 1. The van der Waals surface area contributed by atoms with E-state index in [-0.39, 0.29) is 29.5 Å². The Hall–Kier alpha value is -1.42. The monoisotopic (exact) mass is 336 g/mol. The van der Waals surface area contributed by atoms with Crippen LogP contribution in [0.1, 0.15) is 58.8 Å². The van der Waals surface area contributed by atoms with Crippen molar-refractivity contribution in [1.82, 2.24) is 0 Å². The van der Waals surface area contributed by atoms with E-state index in [1.165, 1.54) is 7.11 Å². The number of esters is 1. The van der Waals surface area contributed by atoms with Crippen molar-refractivity contribution < 1.29 is 19.4 Å². The number of allylic oxidation sites excluding steroid dienone is 3. The van der Waals surface area contributed by atoms with Crippen LogP contribution in [0.25, 0.3) is 0 Å². The second-order valence-electron chi connectivity index (χ2n) is 6.86. The van der Waals surface area contributed by atoms with Gasteiger partial charge in [0.2, 0.25) is 0 Å². The fourth-order valence-electron chi connectivity index (χ4n) is 3.08. The predicted octanol–water partition coefficient (Wildman–Crippen LogP) is 3.83. The van der Waals surface area contributed by atoms with Crippen LogP contribution in [0.2, 0.25) is 0 Å². The van der Waals surface area contributed by atoms with E-state index in [1.807, 2.05) is 25.2 Å². The summed E-state index contributed by atoms with van der Waals surface area (Å²) in [6.45, 7) is 4.15. The van der Waals surface area contributed by atoms with Gasteiger partial charge in [-0.25, -0.2) is 0 Å². The van der Waals surface area contributed by atoms with E-state index in [4.69, 9.17) is 0 Å². The van der Waals surface area contributed by atoms with Gasteiger partial charge in [0.1, 0.15) is 0 Å². The second-order valence-corrected chi connectivity index (χ2v) is 6.86. The molecule has 0 aromatic heterocycles. The molecule has 0 radical (unpaired) electrons. The minimum Gasteiger partial charge on any atom is -0.469 e. The zero-order valence-corrected chi connectivity index (χ0v) is 15.2. The second kappa shape index (κ2) is 11.2. The Morgan fingerprint density at radius 1 is 1.38 bits per heavy atom. The number of carbonyl (C=O) groups excluding carboxylic acids is 2. The number of unbranched alkanes of at least 4 members (excludes halogenated alkanes) is 2. The molecular weight excluding hydrogens is 304 g/mol. The molecule has 1 aliphatic rings. The van der Waals surface area contributed by atoms with E-state index in [2.05, 4.69) is 11.7 Å². The van der Waals surface area contributed by atoms with E-state index in [0.29, 0.717) is 6.42 Å². The number of ketones is 1. The lowest BCUT2D eigenvalue weighted by Gasteiger charge is -2.18. The van der Waals surface area contributed by atoms with Gasteiger partial charge in [0.05, 0.1) is 13.2 Å². The zero-order chi connectivity index (χ0) is 17.9. The van der Waals surface area contributed by atoms with Gasteiger partial charge in [0.15, 0.2) is 5.78 Å². The molecule has 0 bridgehead atoms. The van der Waals surface area contributed by atoms with Gasteiger partial charge >= 0.3 is 5.97 Å². The van der Waals surface area contributed by atoms with Gasteiger partial charge in [-0.1, -0.05) is 51.3 Å². The molecule has 24 heavy (non-hydrogen) atoms. The van der Waals surface area contributed by atoms with Gasteiger partial charge in [-0.3, -0.25) is 9.59 Å². The summed E-state index contributed by atoms with van der Waals surface area (Å²) in [5, 5.41) is 9.99. The summed E-state index contributed by atoms with van der Waals surface area (Å²) in [6, 6.07) is 0. The molecule has 4 nitrogen and oxygen atoms in total. The molecule has 0 aliphatic heterocycles. The smallest absolute Gasteiger partial charge is 0.305 e. The Kier molecular flexibility index (Phi) is 9.62. The fraction of sp³-hybridized carbons (Fsp3) is 0.700. The molecule has 4 atom stereocenters. The third-order valence-corrected chi connectivity index (χ3v) is 4.68. The number of carbonyl (C=O) groups is 2. The molecule has 0 heterocycles. The molecule has 1 aliphatic carbocycles. The van der Waals surface area contributed by atoms with E-state index in [1.54, 1.807) is 6.08 Å². The van der Waals surface area contributed by atoms with E-state index in [9.17, 15) is 14.7 Å². The van der Waals surface area contributed by atoms with Crippen LogP contribution in [-0.4, -0.2) is 30.1 Å². The van der Waals surface area contributed by atoms with Crippen LogP contribution in [0, 0.1) is 17.8 Å². The van der Waals surface area contributed by atoms with Crippen molar-refractivity contribution in [3.8, 4) is 0 Å². The molecular formula is C20H32O4. The van der Waals surface area contributed by atoms with Crippen LogP contribution in [0.15, 0.2) is 24.3 Å². The van der Waals surface area contributed by atoms with Crippen molar-refractivity contribution in [2.24, 2.45) is 17.8 Å². The molecule has 0 fully saturated rings. The van der Waals surface area contributed by atoms with Crippen molar-refractivity contribution in [1.29, 1.82) is 0 Å². The maximum absolute atomic E-state index is 12.1. The Labute approximate surface area is 146 Å². The largest absolute Gasteiger partial charge is 0.469 e. The third kappa shape index (κ3) is 7.43. The Bertz CT molecular complexity index is 453. The first-order valence-electron chi connectivity index (χ1n) is 9.13. The van der Waals surface area contributed by atoms with E-state index >= 15 is 0 Å². The number of hydrogen-bond donors (Lipinski definition) is 1. The third-order valence-electron chi connectivity index (χ3n) is 4.68. The maximum Gasteiger partial charge on any atom is 0.305 e. The average Bonchev–Trinajstić information content (AvgIpc) is 2.91. The lowest BCUT2D eigenvalue weighted by molar-refractivity contribution is -0.141. The average molecular weight is 336 g/mol. The summed E-state index contributed by atoms with van der Waals surface area (Å²) in [6.07, 6.45) is 13.0. The first-order chi connectivity index (χ1) is 11.5. The molecule has 0 amide bonds. The Morgan fingerprint density at radius 3 is 2.79 bits per heavy atom. The number of ether oxygens (including phenoxy) is 1. The van der Waals surface area contributed by atoms with Crippen LogP contribution in [0.3, 0.4) is 0 Å². The summed E-state index contributed by atoms with van der Waals surface area (Å²) >= 11 is 0. The lowest BCUT2D eigenvalue weighted by Crippen LogP contribution is -2.17. The van der Waals surface area contributed by atoms with Gasteiger partial charge in [-0.2, -0.15) is 0 Å². The lowest BCUT2D eigenvalue weighted by atomic mass is 9.86. The summed E-state index contributed by atoms with van der Waals surface area (Å²) in [4.78, 5) is 23.3. The molecule has 0 spiro atoms. The number of hydrogen-bond acceptors (Lipinski definition) is 4. The van der Waals surface area contributed by atoms with Crippen molar-refractivity contribution in [2.75, 3.05) is 7.11 Å². The van der Waals surface area contributed by atoms with Crippen molar-refractivity contribution in [3.63, 3.8) is 0 Å². The summed E-state index contributed by atoms with van der Waals surface area (Å²) in [5.41, 5.74) is 0. The topological polar surface area (TPSA) is 63.6 Å². The molecule has 2 unspecified atom stereocenters. The number of aliphatic hydroxyl groups excluding tert-OH is 1. The van der Waals surface area contributed by atoms with Crippen LogP contribution in [0.4, 0.5) is 0 Å². The van der Waals surface area contributed by atoms with Crippen molar-refractivity contribution in [3.05, 3.63) is 24.3 Å². The summed E-state index contributed by atoms with van der Waals surface area (Å²) < 4.78 is 4.68. The number of methoxy groups -OCH3 is 1. The Balaban J connectivity index is 2.45. The SMILES string of the molecule is CCCCCC(O)/C=C/[C@H]1C=CC(=O)[C@H]1CCC(C)CC(=O)OC. The first kappa shape index (κ1) is 20.6. The molecule has 4 heteroatoms. The quantitative estimate of drug-likeness (QED) is 0.354. The molecule has 0 saturated heterocycles. The fourth-order valence-corrected chi connectivity index (χ4v) is 3.08. The van der Waals surface area contributed by atoms with Gasteiger partial charge < -0.3 is 9.84 Å². The minimum atomic E-state index is -0.431. The maximum atomic E-state index is 12.1.